The van der Waals surface area contributed by atoms with Crippen LogP contribution in [-0.4, -0.2) is 34.7 Å². The van der Waals surface area contributed by atoms with Crippen molar-refractivity contribution in [3.63, 3.8) is 0 Å². The lowest BCUT2D eigenvalue weighted by Gasteiger charge is -2.15. The van der Waals surface area contributed by atoms with Gasteiger partial charge in [-0.05, 0) is 67.8 Å². The van der Waals surface area contributed by atoms with E-state index in [4.69, 9.17) is 4.74 Å². The maximum Gasteiger partial charge on any atom is 0.336 e. The summed E-state index contributed by atoms with van der Waals surface area (Å²) in [5, 5.41) is 16.0. The Morgan fingerprint density at radius 1 is 0.865 bits per heavy atom. The highest BCUT2D eigenvalue weighted by atomic mass is 32.2. The van der Waals surface area contributed by atoms with Gasteiger partial charge >= 0.3 is 5.97 Å². The number of para-hydroxylation sites is 2. The number of nitrogens with one attached hydrogen (secondary N) is 2. The molecule has 0 saturated carbocycles. The molecule has 3 N–H and O–H groups in total. The lowest BCUT2D eigenvalue weighted by Crippen LogP contribution is -2.22. The fraction of sp³-hybridized carbons (Fsp3) is 0.138. The first kappa shape index (κ1) is 25.8. The molecule has 0 aliphatic heterocycles. The van der Waals surface area contributed by atoms with E-state index in [1.165, 1.54) is 17.8 Å². The maximum absolute atomic E-state index is 13.0. The van der Waals surface area contributed by atoms with E-state index >= 15 is 0 Å². The van der Waals surface area contributed by atoms with E-state index in [9.17, 15) is 19.5 Å². The van der Waals surface area contributed by atoms with Crippen LogP contribution in [0.2, 0.25) is 0 Å². The van der Waals surface area contributed by atoms with Crippen molar-refractivity contribution in [2.75, 3.05) is 17.2 Å². The number of amides is 2. The summed E-state index contributed by atoms with van der Waals surface area (Å²) in [7, 11) is 0. The van der Waals surface area contributed by atoms with E-state index in [0.29, 0.717) is 34.5 Å². The molecule has 0 bridgehead atoms. The Hall–Kier alpha value is -4.30. The highest BCUT2D eigenvalue weighted by molar-refractivity contribution is 8.00. The van der Waals surface area contributed by atoms with Crippen molar-refractivity contribution in [3.8, 4) is 5.75 Å². The Bertz CT molecular complexity index is 1450. The van der Waals surface area contributed by atoms with Crippen molar-refractivity contribution < 1.29 is 24.2 Å². The summed E-state index contributed by atoms with van der Waals surface area (Å²) in [6.07, 6.45) is 0. The smallest absolute Gasteiger partial charge is 0.336 e. The number of carboxylic acids is 1. The number of carboxylic acid groups (broad SMARTS) is 1. The van der Waals surface area contributed by atoms with Gasteiger partial charge in [-0.1, -0.05) is 36.4 Å². The third kappa shape index (κ3) is 6.10. The largest absolute Gasteiger partial charge is 0.492 e. The van der Waals surface area contributed by atoms with Crippen molar-refractivity contribution in [1.29, 1.82) is 0 Å². The quantitative estimate of drug-likeness (QED) is 0.226. The third-order valence-corrected chi connectivity index (χ3v) is 6.73. The zero-order valence-corrected chi connectivity index (χ0v) is 21.2. The second kappa shape index (κ2) is 11.6. The Balaban J connectivity index is 1.43. The number of rotatable bonds is 9. The summed E-state index contributed by atoms with van der Waals surface area (Å²) in [5.74, 6) is -1.02. The van der Waals surface area contributed by atoms with E-state index in [-0.39, 0.29) is 22.3 Å². The van der Waals surface area contributed by atoms with E-state index in [1.807, 2.05) is 44.2 Å². The van der Waals surface area contributed by atoms with Gasteiger partial charge in [0.05, 0.1) is 23.1 Å². The van der Waals surface area contributed by atoms with Crippen LogP contribution in [0.3, 0.4) is 0 Å². The fourth-order valence-electron chi connectivity index (χ4n) is 3.87. The summed E-state index contributed by atoms with van der Waals surface area (Å²) >= 11 is 1.39. The topological polar surface area (TPSA) is 105 Å². The van der Waals surface area contributed by atoms with Crippen LogP contribution >= 0.6 is 11.8 Å². The molecule has 0 aromatic heterocycles. The average molecular weight is 515 g/mol. The molecule has 7 nitrogen and oxygen atoms in total. The van der Waals surface area contributed by atoms with Crippen LogP contribution in [0.5, 0.6) is 5.75 Å². The van der Waals surface area contributed by atoms with E-state index in [2.05, 4.69) is 10.6 Å². The number of hydrogen-bond donors (Lipinski definition) is 3. The van der Waals surface area contributed by atoms with Crippen molar-refractivity contribution in [3.05, 3.63) is 96.1 Å². The van der Waals surface area contributed by atoms with Gasteiger partial charge in [0.15, 0.2) is 0 Å². The summed E-state index contributed by atoms with van der Waals surface area (Å²) in [4.78, 5) is 38.3. The highest BCUT2D eigenvalue weighted by Gasteiger charge is 2.18. The minimum atomic E-state index is -1.09. The van der Waals surface area contributed by atoms with Crippen LogP contribution in [0.4, 0.5) is 11.4 Å². The Morgan fingerprint density at radius 3 is 2.22 bits per heavy atom. The Morgan fingerprint density at radius 2 is 1.54 bits per heavy atom. The van der Waals surface area contributed by atoms with Gasteiger partial charge in [0.1, 0.15) is 5.75 Å². The average Bonchev–Trinajstić information content (AvgIpc) is 2.90. The van der Waals surface area contributed by atoms with Gasteiger partial charge in [-0.3, -0.25) is 9.59 Å². The van der Waals surface area contributed by atoms with Gasteiger partial charge in [-0.15, -0.1) is 11.8 Å². The highest BCUT2D eigenvalue weighted by Crippen LogP contribution is 2.29. The molecule has 8 heteroatoms. The van der Waals surface area contributed by atoms with Gasteiger partial charge in [-0.25, -0.2) is 4.79 Å². The molecule has 37 heavy (non-hydrogen) atoms. The summed E-state index contributed by atoms with van der Waals surface area (Å²) in [5.41, 5.74) is 1.54. The van der Waals surface area contributed by atoms with Gasteiger partial charge in [-0.2, -0.15) is 0 Å². The van der Waals surface area contributed by atoms with Crippen molar-refractivity contribution in [2.45, 2.75) is 24.0 Å². The van der Waals surface area contributed by atoms with Crippen LogP contribution in [0.25, 0.3) is 10.8 Å². The standard InChI is InChI=1S/C29H26N2O5S/c1-3-36-25-13-5-4-12-24(25)31-27(32)18(2)37-21-16-14-20(15-17-21)30-28(33)22-10-6-8-19-9-7-11-23(26(19)22)29(34)35/h4-18H,3H2,1-2H3,(H,30,33)(H,31,32)(H,34,35). The Kier molecular flexibility index (Phi) is 8.10. The molecule has 4 aromatic rings. The lowest BCUT2D eigenvalue weighted by molar-refractivity contribution is -0.115. The van der Waals surface area contributed by atoms with Gasteiger partial charge in [0.25, 0.3) is 5.91 Å². The third-order valence-electron chi connectivity index (χ3n) is 5.62. The first-order valence-corrected chi connectivity index (χ1v) is 12.6. The number of fused-ring (bicyclic) bond motifs is 1. The van der Waals surface area contributed by atoms with Crippen molar-refractivity contribution in [1.82, 2.24) is 0 Å². The second-order valence-electron chi connectivity index (χ2n) is 8.17. The zero-order chi connectivity index (χ0) is 26.4. The van der Waals surface area contributed by atoms with Gasteiger partial charge in [0, 0.05) is 21.5 Å². The molecule has 0 aliphatic carbocycles. The minimum absolute atomic E-state index is 0.0751. The summed E-state index contributed by atoms with van der Waals surface area (Å²) in [6, 6.07) is 24.5. The van der Waals surface area contributed by atoms with E-state index in [1.54, 1.807) is 48.5 Å². The van der Waals surface area contributed by atoms with Crippen LogP contribution in [-0.2, 0) is 4.79 Å². The van der Waals surface area contributed by atoms with Crippen molar-refractivity contribution in [2.24, 2.45) is 0 Å². The molecule has 0 fully saturated rings. The molecule has 4 aromatic carbocycles. The number of carbonyl (C=O) groups is 3. The van der Waals surface area contributed by atoms with Crippen LogP contribution in [0, 0.1) is 0 Å². The van der Waals surface area contributed by atoms with Crippen molar-refractivity contribution >= 4 is 51.7 Å². The summed E-state index contributed by atoms with van der Waals surface area (Å²) < 4.78 is 5.57. The molecule has 2 amide bonds. The first-order valence-electron chi connectivity index (χ1n) is 11.7. The zero-order valence-electron chi connectivity index (χ0n) is 20.4. The molecule has 4 rings (SSSR count). The molecule has 188 valence electrons. The Labute approximate surface area is 218 Å². The SMILES string of the molecule is CCOc1ccccc1NC(=O)C(C)Sc1ccc(NC(=O)c2cccc3cccc(C(=O)O)c23)cc1. The predicted molar refractivity (Wildman–Crippen MR) is 147 cm³/mol. The van der Waals surface area contributed by atoms with Crippen LogP contribution in [0.15, 0.2) is 89.8 Å². The summed E-state index contributed by atoms with van der Waals surface area (Å²) in [6.45, 7) is 4.21. The molecular formula is C29H26N2O5S. The maximum atomic E-state index is 13.0. The second-order valence-corrected chi connectivity index (χ2v) is 9.59. The van der Waals surface area contributed by atoms with Crippen LogP contribution in [0.1, 0.15) is 34.6 Å². The molecular weight excluding hydrogens is 488 g/mol. The molecule has 0 radical (unpaired) electrons. The van der Waals surface area contributed by atoms with Gasteiger partial charge < -0.3 is 20.5 Å². The molecule has 1 unspecified atom stereocenters. The van der Waals surface area contributed by atoms with E-state index < -0.39 is 11.9 Å². The predicted octanol–water partition coefficient (Wildman–Crippen LogP) is 6.31. The normalized spacial score (nSPS) is 11.5. The number of thioether (sulfide) groups is 1. The number of aromatic carboxylic acids is 1. The fourth-order valence-corrected chi connectivity index (χ4v) is 4.73. The molecule has 0 spiro atoms. The molecule has 1 atom stereocenters. The lowest BCUT2D eigenvalue weighted by atomic mass is 9.98. The monoisotopic (exact) mass is 514 g/mol. The molecule has 0 saturated heterocycles. The molecule has 0 heterocycles. The number of benzene rings is 4. The number of carbonyl (C=O) groups excluding carboxylic acids is 2. The van der Waals surface area contributed by atoms with Gasteiger partial charge in [0.2, 0.25) is 5.91 Å². The number of anilines is 2. The van der Waals surface area contributed by atoms with E-state index in [0.717, 1.165) is 4.90 Å². The number of hydrogen-bond acceptors (Lipinski definition) is 5. The first-order chi connectivity index (χ1) is 17.9. The van der Waals surface area contributed by atoms with Crippen LogP contribution < -0.4 is 15.4 Å². The minimum Gasteiger partial charge on any atom is -0.492 e. The number of ether oxygens (including phenoxy) is 1. The molecule has 0 aliphatic rings.